The van der Waals surface area contributed by atoms with Crippen molar-refractivity contribution in [3.8, 4) is 0 Å². The van der Waals surface area contributed by atoms with Crippen molar-refractivity contribution in [2.75, 3.05) is 31.5 Å². The molecule has 2 bridgehead atoms. The fourth-order valence-corrected chi connectivity index (χ4v) is 5.28. The minimum Gasteiger partial charge on any atom is -0.368 e. The van der Waals surface area contributed by atoms with Crippen LogP contribution >= 0.6 is 0 Å². The number of unbranched alkanes of at least 4 members (excludes halogenated alkanes) is 1. The molecule has 0 atom stereocenters. The van der Waals surface area contributed by atoms with E-state index >= 15 is 0 Å². The molecular weight excluding hydrogens is 346 g/mol. The van der Waals surface area contributed by atoms with Gasteiger partial charge in [0.2, 0.25) is 0 Å². The molecule has 0 unspecified atom stereocenters. The third-order valence-corrected chi connectivity index (χ3v) is 6.77. The standard InChI is InChI=1S/C23H31N5/c1-17-22-21(14-20-6-2-4-13-28(20)22)23(26-25-17)24-11-3-5-12-27-15-18-7-8-19(16-27)10-9-18/h2,4,6,13-14,18-19H,3,5,7-12,15-16H2,1H3,(H,24,26). The molecule has 3 aromatic rings. The number of nitrogens with zero attached hydrogens (tertiary/aromatic N) is 4. The van der Waals surface area contributed by atoms with E-state index in [2.05, 4.69) is 55.3 Å². The minimum absolute atomic E-state index is 0.914. The Morgan fingerprint density at radius 1 is 1.04 bits per heavy atom. The number of rotatable bonds is 6. The lowest BCUT2D eigenvalue weighted by Crippen LogP contribution is -2.29. The van der Waals surface area contributed by atoms with Crippen molar-refractivity contribution in [2.45, 2.75) is 45.4 Å². The summed E-state index contributed by atoms with van der Waals surface area (Å²) in [5, 5.41) is 13.6. The summed E-state index contributed by atoms with van der Waals surface area (Å²) in [5.41, 5.74) is 3.32. The van der Waals surface area contributed by atoms with Crippen molar-refractivity contribution < 1.29 is 0 Å². The molecule has 0 spiro atoms. The summed E-state index contributed by atoms with van der Waals surface area (Å²) >= 11 is 0. The average Bonchev–Trinajstić information content (AvgIpc) is 2.86. The van der Waals surface area contributed by atoms with Gasteiger partial charge in [0.25, 0.3) is 0 Å². The SMILES string of the molecule is Cc1nnc(NCCCCN2CC3CCC(CC3)C2)c2cc3ccccn3c12. The van der Waals surface area contributed by atoms with Gasteiger partial charge in [-0.2, -0.15) is 5.10 Å². The Kier molecular flexibility index (Phi) is 4.93. The Morgan fingerprint density at radius 2 is 1.82 bits per heavy atom. The second-order valence-corrected chi connectivity index (χ2v) is 8.82. The lowest BCUT2D eigenvalue weighted by molar-refractivity contribution is 0.248. The van der Waals surface area contributed by atoms with Crippen LogP contribution in [0.5, 0.6) is 0 Å². The van der Waals surface area contributed by atoms with Gasteiger partial charge in [0.15, 0.2) is 5.82 Å². The van der Waals surface area contributed by atoms with Gasteiger partial charge in [0.1, 0.15) is 0 Å². The van der Waals surface area contributed by atoms with E-state index in [1.807, 2.05) is 6.92 Å². The Hall–Kier alpha value is -2.14. The van der Waals surface area contributed by atoms with E-state index in [1.54, 1.807) is 0 Å². The van der Waals surface area contributed by atoms with Gasteiger partial charge in [-0.15, -0.1) is 5.10 Å². The molecule has 2 saturated heterocycles. The lowest BCUT2D eigenvalue weighted by Gasteiger charge is -2.22. The van der Waals surface area contributed by atoms with E-state index in [4.69, 9.17) is 0 Å². The molecule has 1 aliphatic carbocycles. The van der Waals surface area contributed by atoms with Crippen LogP contribution < -0.4 is 5.32 Å². The van der Waals surface area contributed by atoms with Gasteiger partial charge in [-0.1, -0.05) is 6.07 Å². The average molecular weight is 378 g/mol. The number of pyridine rings is 1. The van der Waals surface area contributed by atoms with Crippen molar-refractivity contribution in [3.63, 3.8) is 0 Å². The van der Waals surface area contributed by atoms with Crippen LogP contribution in [0.4, 0.5) is 5.82 Å². The topological polar surface area (TPSA) is 45.5 Å². The Morgan fingerprint density at radius 3 is 2.61 bits per heavy atom. The Labute approximate surface area is 167 Å². The van der Waals surface area contributed by atoms with Gasteiger partial charge in [-0.25, -0.2) is 0 Å². The highest BCUT2D eigenvalue weighted by Crippen LogP contribution is 2.33. The Balaban J connectivity index is 1.19. The van der Waals surface area contributed by atoms with Crippen LogP contribution in [0.1, 0.15) is 44.2 Å². The van der Waals surface area contributed by atoms with Gasteiger partial charge < -0.3 is 14.6 Å². The summed E-state index contributed by atoms with van der Waals surface area (Å²) in [6.07, 6.45) is 10.4. The predicted octanol–water partition coefficient (Wildman–Crippen LogP) is 4.51. The normalized spacial score (nSPS) is 22.8. The van der Waals surface area contributed by atoms with E-state index in [9.17, 15) is 0 Å². The van der Waals surface area contributed by atoms with E-state index in [0.717, 1.165) is 35.4 Å². The molecule has 0 radical (unpaired) electrons. The number of hydrogen-bond acceptors (Lipinski definition) is 4. The highest BCUT2D eigenvalue weighted by molar-refractivity contribution is 5.96. The number of nitrogens with one attached hydrogen (secondary N) is 1. The molecule has 1 N–H and O–H groups in total. The van der Waals surface area contributed by atoms with Crippen LogP contribution in [0.2, 0.25) is 0 Å². The van der Waals surface area contributed by atoms with Crippen LogP contribution in [0.15, 0.2) is 30.5 Å². The number of aromatic nitrogens is 3. The molecule has 1 saturated carbocycles. The highest BCUT2D eigenvalue weighted by atomic mass is 15.2. The fraction of sp³-hybridized carbons (Fsp3) is 0.565. The minimum atomic E-state index is 0.914. The monoisotopic (exact) mass is 377 g/mol. The maximum atomic E-state index is 4.44. The molecule has 5 nitrogen and oxygen atoms in total. The summed E-state index contributed by atoms with van der Waals surface area (Å²) in [6, 6.07) is 8.49. The summed E-state index contributed by atoms with van der Waals surface area (Å²) < 4.78 is 2.21. The van der Waals surface area contributed by atoms with Gasteiger partial charge >= 0.3 is 0 Å². The first kappa shape index (κ1) is 17.9. The third kappa shape index (κ3) is 3.48. The molecular formula is C23H31N5. The van der Waals surface area contributed by atoms with Crippen molar-refractivity contribution in [1.82, 2.24) is 19.5 Å². The molecule has 148 valence electrons. The molecule has 28 heavy (non-hydrogen) atoms. The first-order valence-electron chi connectivity index (χ1n) is 11.0. The van der Waals surface area contributed by atoms with E-state index in [1.165, 1.54) is 69.1 Å². The number of fused-ring (bicyclic) bond motifs is 7. The number of aryl methyl sites for hydroxylation is 1. The van der Waals surface area contributed by atoms with E-state index in [-0.39, 0.29) is 0 Å². The fourth-order valence-electron chi connectivity index (χ4n) is 5.28. The van der Waals surface area contributed by atoms with Crippen LogP contribution in [0.3, 0.4) is 0 Å². The van der Waals surface area contributed by atoms with Gasteiger partial charge in [0.05, 0.1) is 11.2 Å². The maximum absolute atomic E-state index is 4.44. The van der Waals surface area contributed by atoms with E-state index in [0.29, 0.717) is 0 Å². The first-order valence-corrected chi connectivity index (χ1v) is 11.0. The maximum Gasteiger partial charge on any atom is 0.158 e. The summed E-state index contributed by atoms with van der Waals surface area (Å²) in [5.74, 6) is 2.85. The van der Waals surface area contributed by atoms with E-state index < -0.39 is 0 Å². The van der Waals surface area contributed by atoms with Crippen molar-refractivity contribution in [3.05, 3.63) is 36.2 Å². The third-order valence-electron chi connectivity index (χ3n) is 6.77. The largest absolute Gasteiger partial charge is 0.368 e. The molecule has 3 aromatic heterocycles. The molecule has 5 heteroatoms. The van der Waals surface area contributed by atoms with Crippen molar-refractivity contribution in [1.29, 1.82) is 0 Å². The Bertz CT molecular complexity index is 940. The van der Waals surface area contributed by atoms with Crippen LogP contribution in [-0.2, 0) is 0 Å². The summed E-state index contributed by atoms with van der Waals surface area (Å²) in [6.45, 7) is 6.92. The summed E-state index contributed by atoms with van der Waals surface area (Å²) in [7, 11) is 0. The van der Waals surface area contributed by atoms with Crippen LogP contribution in [0, 0.1) is 18.8 Å². The molecule has 3 aliphatic rings. The smallest absolute Gasteiger partial charge is 0.158 e. The second-order valence-electron chi connectivity index (χ2n) is 8.82. The molecule has 5 heterocycles. The summed E-state index contributed by atoms with van der Waals surface area (Å²) in [4.78, 5) is 2.74. The lowest BCUT2D eigenvalue weighted by atomic mass is 9.84. The number of hydrogen-bond donors (Lipinski definition) is 1. The zero-order chi connectivity index (χ0) is 18.9. The zero-order valence-corrected chi connectivity index (χ0v) is 16.9. The van der Waals surface area contributed by atoms with Crippen LogP contribution in [0.25, 0.3) is 16.4 Å². The zero-order valence-electron chi connectivity index (χ0n) is 16.9. The molecule has 6 rings (SSSR count). The molecule has 3 fully saturated rings. The molecule has 2 aliphatic heterocycles. The van der Waals surface area contributed by atoms with Crippen LogP contribution in [-0.4, -0.2) is 45.7 Å². The van der Waals surface area contributed by atoms with Gasteiger partial charge in [0, 0.05) is 36.7 Å². The second kappa shape index (κ2) is 7.70. The number of anilines is 1. The quantitative estimate of drug-likeness (QED) is 0.642. The molecule has 0 aromatic carbocycles. The predicted molar refractivity (Wildman–Crippen MR) is 115 cm³/mol. The highest BCUT2D eigenvalue weighted by Gasteiger charge is 2.28. The van der Waals surface area contributed by atoms with Crippen molar-refractivity contribution >= 4 is 22.2 Å². The molecule has 0 amide bonds. The van der Waals surface area contributed by atoms with Crippen molar-refractivity contribution in [2.24, 2.45) is 11.8 Å². The first-order chi connectivity index (χ1) is 13.8. The van der Waals surface area contributed by atoms with Gasteiger partial charge in [-0.3, -0.25) is 0 Å². The van der Waals surface area contributed by atoms with Gasteiger partial charge in [-0.05, 0) is 82.0 Å².